The topological polar surface area (TPSA) is 89.5 Å². The third kappa shape index (κ3) is 4.26. The maximum absolute atomic E-state index is 13.1. The Morgan fingerprint density at radius 3 is 2.45 bits per heavy atom. The van der Waals surface area contributed by atoms with Crippen LogP contribution in [0.3, 0.4) is 0 Å². The molecule has 3 aromatic rings. The summed E-state index contributed by atoms with van der Waals surface area (Å²) < 4.78 is 15.0. The molecule has 1 amide bonds. The van der Waals surface area contributed by atoms with Gasteiger partial charge in [-0.05, 0) is 79.7 Å². The minimum atomic E-state index is -0.435. The zero-order valence-electron chi connectivity index (χ0n) is 16.6. The molecule has 0 saturated carbocycles. The quantitative estimate of drug-likeness (QED) is 0.353. The molecule has 0 radical (unpaired) electrons. The molecule has 1 fully saturated rings. The van der Waals surface area contributed by atoms with E-state index in [1.54, 1.807) is 18.2 Å². The molecule has 7 nitrogen and oxygen atoms in total. The molecule has 0 bridgehead atoms. The number of nitrogens with one attached hydrogen (secondary N) is 1. The van der Waals surface area contributed by atoms with Gasteiger partial charge in [-0.2, -0.15) is 0 Å². The molecule has 2 aromatic carbocycles. The minimum absolute atomic E-state index is 0.0283. The molecule has 0 unspecified atom stereocenters. The zero-order chi connectivity index (χ0) is 22.1. The van der Waals surface area contributed by atoms with Crippen molar-refractivity contribution < 1.29 is 14.1 Å². The smallest absolute Gasteiger partial charge is 0.269 e. The van der Waals surface area contributed by atoms with Crippen LogP contribution in [0.4, 0.5) is 15.8 Å². The number of non-ortho nitro benzene ring substituents is 1. The lowest BCUT2D eigenvalue weighted by Gasteiger charge is -2.09. The predicted molar refractivity (Wildman–Crippen MR) is 119 cm³/mol. The van der Waals surface area contributed by atoms with Crippen LogP contribution in [-0.2, 0) is 4.79 Å². The molecule has 2 heterocycles. The van der Waals surface area contributed by atoms with Gasteiger partial charge in [0.2, 0.25) is 0 Å². The molecule has 156 valence electrons. The number of amides is 1. The average molecular weight is 436 g/mol. The van der Waals surface area contributed by atoms with Gasteiger partial charge < -0.3 is 9.88 Å². The number of aliphatic imine (C=N–C) groups is 1. The first kappa shape index (κ1) is 20.5. The van der Waals surface area contributed by atoms with Crippen LogP contribution in [0.5, 0.6) is 0 Å². The molecule has 1 saturated heterocycles. The van der Waals surface area contributed by atoms with E-state index < -0.39 is 4.92 Å². The molecule has 9 heteroatoms. The molecule has 0 aliphatic carbocycles. The lowest BCUT2D eigenvalue weighted by atomic mass is 10.2. The average Bonchev–Trinajstić information content (AvgIpc) is 3.22. The van der Waals surface area contributed by atoms with Crippen LogP contribution in [-0.4, -0.2) is 20.6 Å². The number of hydrogen-bond donors (Lipinski definition) is 1. The van der Waals surface area contributed by atoms with Crippen LogP contribution in [0.15, 0.2) is 64.5 Å². The molecule has 1 N–H and O–H groups in total. The summed E-state index contributed by atoms with van der Waals surface area (Å²) in [6.07, 6.45) is 1.79. The third-order valence-corrected chi connectivity index (χ3v) is 5.69. The lowest BCUT2D eigenvalue weighted by Crippen LogP contribution is -2.19. The summed E-state index contributed by atoms with van der Waals surface area (Å²) in [7, 11) is 0. The summed E-state index contributed by atoms with van der Waals surface area (Å²) in [4.78, 5) is 27.7. The molecule has 1 aromatic heterocycles. The molecule has 0 spiro atoms. The summed E-state index contributed by atoms with van der Waals surface area (Å²) in [5.41, 5.74) is 4.06. The maximum atomic E-state index is 13.1. The van der Waals surface area contributed by atoms with E-state index in [1.165, 1.54) is 48.2 Å². The third-order valence-electron chi connectivity index (χ3n) is 4.78. The van der Waals surface area contributed by atoms with Crippen LogP contribution in [0.2, 0.25) is 0 Å². The highest BCUT2D eigenvalue weighted by Gasteiger charge is 2.24. The highest BCUT2D eigenvalue weighted by molar-refractivity contribution is 8.18. The fraction of sp³-hybridized carbons (Fsp3) is 0.0909. The normalized spacial score (nSPS) is 16.2. The number of aryl methyl sites for hydroxylation is 1. The Bertz CT molecular complexity index is 1250. The second kappa shape index (κ2) is 8.19. The first-order valence-electron chi connectivity index (χ1n) is 9.31. The number of benzene rings is 2. The van der Waals surface area contributed by atoms with Gasteiger partial charge in [-0.15, -0.1) is 0 Å². The molecule has 1 aliphatic heterocycles. The van der Waals surface area contributed by atoms with Crippen molar-refractivity contribution in [2.24, 2.45) is 4.99 Å². The van der Waals surface area contributed by atoms with Crippen molar-refractivity contribution in [3.8, 4) is 5.69 Å². The van der Waals surface area contributed by atoms with Gasteiger partial charge in [-0.3, -0.25) is 14.9 Å². The number of nitro groups is 1. The molecule has 31 heavy (non-hydrogen) atoms. The largest absolute Gasteiger partial charge is 0.318 e. The van der Waals surface area contributed by atoms with E-state index >= 15 is 0 Å². The van der Waals surface area contributed by atoms with E-state index in [1.807, 2.05) is 24.5 Å². The fourth-order valence-corrected chi connectivity index (χ4v) is 4.14. The van der Waals surface area contributed by atoms with Gasteiger partial charge in [0.05, 0.1) is 15.5 Å². The molecule has 4 rings (SSSR count). The summed E-state index contributed by atoms with van der Waals surface area (Å²) in [5, 5.41) is 14.0. The summed E-state index contributed by atoms with van der Waals surface area (Å²) >= 11 is 1.21. The first-order valence-corrected chi connectivity index (χ1v) is 10.1. The van der Waals surface area contributed by atoms with Crippen LogP contribution in [0.1, 0.15) is 17.0 Å². The number of nitrogens with zero attached hydrogens (tertiary/aromatic N) is 3. The highest BCUT2D eigenvalue weighted by atomic mass is 32.2. The first-order chi connectivity index (χ1) is 14.8. The van der Waals surface area contributed by atoms with E-state index in [0.717, 1.165) is 22.6 Å². The van der Waals surface area contributed by atoms with Gasteiger partial charge in [0.25, 0.3) is 11.6 Å². The Balaban J connectivity index is 1.62. The van der Waals surface area contributed by atoms with Crippen LogP contribution >= 0.6 is 11.8 Å². The van der Waals surface area contributed by atoms with Crippen molar-refractivity contribution in [1.29, 1.82) is 0 Å². The summed E-state index contributed by atoms with van der Waals surface area (Å²) in [5.74, 6) is -0.609. The number of halogens is 1. The molecule has 0 atom stereocenters. The molecular weight excluding hydrogens is 419 g/mol. The van der Waals surface area contributed by atoms with Crippen LogP contribution in [0.25, 0.3) is 11.8 Å². The maximum Gasteiger partial charge on any atom is 0.269 e. The highest BCUT2D eigenvalue weighted by Crippen LogP contribution is 2.30. The van der Waals surface area contributed by atoms with Gasteiger partial charge in [0.15, 0.2) is 5.17 Å². The van der Waals surface area contributed by atoms with E-state index in [0.29, 0.717) is 15.8 Å². The Hall–Kier alpha value is -3.72. The predicted octanol–water partition coefficient (Wildman–Crippen LogP) is 5.03. The van der Waals surface area contributed by atoms with Gasteiger partial charge in [0, 0.05) is 29.2 Å². The number of carbonyl (C=O) groups is 1. The van der Waals surface area contributed by atoms with Crippen molar-refractivity contribution in [2.75, 3.05) is 0 Å². The minimum Gasteiger partial charge on any atom is -0.318 e. The van der Waals surface area contributed by atoms with Crippen molar-refractivity contribution >= 4 is 40.3 Å². The van der Waals surface area contributed by atoms with Crippen molar-refractivity contribution in [2.45, 2.75) is 13.8 Å². The van der Waals surface area contributed by atoms with Crippen LogP contribution < -0.4 is 5.32 Å². The number of carbonyl (C=O) groups excluding carboxylic acids is 1. The number of amidine groups is 1. The van der Waals surface area contributed by atoms with Crippen molar-refractivity contribution in [1.82, 2.24) is 9.88 Å². The Labute approximate surface area is 181 Å². The molecular formula is C22H17FN4O3S. The zero-order valence-corrected chi connectivity index (χ0v) is 17.4. The Kier molecular flexibility index (Phi) is 5.43. The van der Waals surface area contributed by atoms with Crippen molar-refractivity contribution in [3.05, 3.63) is 92.4 Å². The standard InChI is InChI=1S/C22H17FN4O3S/c1-13-11-15(14(2)26(13)18-7-9-19(10-8-18)27(29)30)12-20-21(28)25-22(31-20)24-17-5-3-16(23)4-6-17/h3-12H,1-2H3,(H,24,25,28)/b20-12-. The number of aromatic nitrogens is 1. The van der Waals surface area contributed by atoms with Crippen molar-refractivity contribution in [3.63, 3.8) is 0 Å². The SMILES string of the molecule is Cc1cc(/C=C2\SC(=Nc3ccc(F)cc3)NC2=O)c(C)n1-c1ccc([N+](=O)[O-])cc1. The second-order valence-electron chi connectivity index (χ2n) is 6.89. The Morgan fingerprint density at radius 1 is 1.13 bits per heavy atom. The van der Waals surface area contributed by atoms with Gasteiger partial charge in [-0.1, -0.05) is 0 Å². The summed E-state index contributed by atoms with van der Waals surface area (Å²) in [6.45, 7) is 3.85. The fourth-order valence-electron chi connectivity index (χ4n) is 3.31. The van der Waals surface area contributed by atoms with Gasteiger partial charge >= 0.3 is 0 Å². The second-order valence-corrected chi connectivity index (χ2v) is 7.92. The lowest BCUT2D eigenvalue weighted by molar-refractivity contribution is -0.384. The van der Waals surface area contributed by atoms with E-state index in [-0.39, 0.29) is 17.4 Å². The molecule has 1 aliphatic rings. The number of nitro benzene ring substituents is 1. The van der Waals surface area contributed by atoms with E-state index in [2.05, 4.69) is 10.3 Å². The van der Waals surface area contributed by atoms with Gasteiger partial charge in [-0.25, -0.2) is 9.38 Å². The van der Waals surface area contributed by atoms with Gasteiger partial charge in [0.1, 0.15) is 5.82 Å². The Morgan fingerprint density at radius 2 is 1.81 bits per heavy atom. The van der Waals surface area contributed by atoms with E-state index in [9.17, 15) is 19.3 Å². The number of thioether (sulfide) groups is 1. The van der Waals surface area contributed by atoms with E-state index in [4.69, 9.17) is 0 Å². The van der Waals surface area contributed by atoms with Crippen LogP contribution in [0, 0.1) is 29.8 Å². The monoisotopic (exact) mass is 436 g/mol. The summed E-state index contributed by atoms with van der Waals surface area (Å²) in [6, 6.07) is 14.0. The number of hydrogen-bond acceptors (Lipinski definition) is 5. The number of rotatable bonds is 4.